The van der Waals surface area contributed by atoms with Crippen LogP contribution in [0.5, 0.6) is 0 Å². The fourth-order valence-corrected chi connectivity index (χ4v) is 7.93. The topological polar surface area (TPSA) is 210 Å². The zero-order chi connectivity index (χ0) is 56.0. The van der Waals surface area contributed by atoms with Gasteiger partial charge in [0.2, 0.25) is 5.91 Å². The molecule has 2 fully saturated rings. The lowest BCUT2D eigenvalue weighted by atomic mass is 9.78. The first-order chi connectivity index (χ1) is 35.5. The number of nitrogens with zero attached hydrogens (tertiary/aromatic N) is 4. The Kier molecular flexibility index (Phi) is 17.9. The average molecular weight is 1090 g/mol. The summed E-state index contributed by atoms with van der Waals surface area (Å²) in [5, 5.41) is 20.8. The molecule has 412 valence electrons. The summed E-state index contributed by atoms with van der Waals surface area (Å²) >= 11 is 0. The van der Waals surface area contributed by atoms with E-state index in [-0.39, 0.29) is 27.6 Å². The molecule has 2 aliphatic heterocycles. The van der Waals surface area contributed by atoms with E-state index in [4.69, 9.17) is 9.47 Å². The predicted molar refractivity (Wildman–Crippen MR) is 250 cm³/mol. The molecule has 27 heteroatoms. The Bertz CT molecular complexity index is 2750. The fraction of sp³-hybridized carbons (Fsp3) is 0.469. The number of aliphatic hydroxyl groups is 1. The molecule has 2 aromatic heterocycles. The van der Waals surface area contributed by atoms with E-state index < -0.39 is 115 Å². The average Bonchev–Trinajstić information content (AvgIpc) is 3.83. The third kappa shape index (κ3) is 13.8. The van der Waals surface area contributed by atoms with Gasteiger partial charge in [-0.2, -0.15) is 40.2 Å². The molecule has 0 radical (unpaired) electrons. The molecule has 0 bridgehead atoms. The number of benzene rings is 2. The molecule has 4 aromatic rings. The SMILES string of the molecule is COC(=O)N[C@H](C(=O)NNC[C@H](O)[C@H](Cc1ccc(C#Cc2ccc(N3CC4(COC4)C3)nc2)cc1)NC(=O)[C@@H](NC(=O)OCCc1c(F)cc(-c2cnn(C(F)F)c2)cc1F)C(C)(C)C(F)(F)F)C(C)(C)C(F)(F)F. The largest absolute Gasteiger partial charge is 0.453 e. The van der Waals surface area contributed by atoms with Gasteiger partial charge in [0, 0.05) is 60.7 Å². The summed E-state index contributed by atoms with van der Waals surface area (Å²) in [5.41, 5.74) is -1.10. The number of hydrogen-bond acceptors (Lipinski definition) is 12. The molecule has 2 saturated heterocycles. The Hall–Kier alpha value is -7.18. The molecule has 2 aliphatic rings. The lowest BCUT2D eigenvalue weighted by molar-refractivity contribution is -0.221. The van der Waals surface area contributed by atoms with Gasteiger partial charge in [0.25, 0.3) is 5.91 Å². The molecule has 6 N–H and O–H groups in total. The Labute approximate surface area is 428 Å². The maximum Gasteiger partial charge on any atom is 0.407 e. The number of carbonyl (C=O) groups is 4. The van der Waals surface area contributed by atoms with Gasteiger partial charge in [-0.15, -0.1) is 0 Å². The summed E-state index contributed by atoms with van der Waals surface area (Å²) in [6.07, 6.45) is -12.9. The molecule has 4 atom stereocenters. The number of halogens is 10. The van der Waals surface area contributed by atoms with E-state index in [0.717, 1.165) is 63.8 Å². The normalized spacial score (nSPS) is 16.0. The van der Waals surface area contributed by atoms with Crippen molar-refractivity contribution in [3.05, 3.63) is 101 Å². The van der Waals surface area contributed by atoms with E-state index in [1.807, 2.05) is 16.8 Å². The van der Waals surface area contributed by atoms with Crippen molar-refractivity contribution < 1.29 is 82.4 Å². The number of hydrazine groups is 1. The molecule has 1 spiro atoms. The molecular formula is C49H53F10N9O8. The number of alkyl carbamates (subject to hydrolysis) is 2. The van der Waals surface area contributed by atoms with E-state index in [2.05, 4.69) is 42.3 Å². The summed E-state index contributed by atoms with van der Waals surface area (Å²) in [7, 11) is 0.842. The number of nitrogens with one attached hydrogen (secondary N) is 5. The smallest absolute Gasteiger partial charge is 0.407 e. The van der Waals surface area contributed by atoms with Crippen LogP contribution >= 0.6 is 0 Å². The number of amides is 4. The van der Waals surface area contributed by atoms with Crippen molar-refractivity contribution in [1.29, 1.82) is 0 Å². The van der Waals surface area contributed by atoms with Crippen molar-refractivity contribution in [2.24, 2.45) is 16.2 Å². The summed E-state index contributed by atoms with van der Waals surface area (Å²) in [4.78, 5) is 58.8. The van der Waals surface area contributed by atoms with Crippen LogP contribution in [-0.2, 0) is 36.6 Å². The number of anilines is 1. The van der Waals surface area contributed by atoms with E-state index in [1.54, 1.807) is 29.7 Å². The van der Waals surface area contributed by atoms with Gasteiger partial charge in [0.05, 0.1) is 61.5 Å². The van der Waals surface area contributed by atoms with E-state index in [1.165, 1.54) is 12.1 Å². The third-order valence-electron chi connectivity index (χ3n) is 13.0. The molecule has 76 heavy (non-hydrogen) atoms. The molecule has 4 amide bonds. The lowest BCUT2D eigenvalue weighted by Gasteiger charge is -2.55. The molecule has 17 nitrogen and oxygen atoms in total. The molecule has 4 heterocycles. The number of alkyl halides is 8. The number of methoxy groups -OCH3 is 1. The molecule has 0 unspecified atom stereocenters. The van der Waals surface area contributed by atoms with Crippen molar-refractivity contribution in [2.45, 2.75) is 83.7 Å². The maximum absolute atomic E-state index is 15.1. The highest BCUT2D eigenvalue weighted by atomic mass is 19.4. The Balaban J connectivity index is 1.17. The molecule has 0 aliphatic carbocycles. The number of rotatable bonds is 19. The first kappa shape index (κ1) is 58.1. The highest BCUT2D eigenvalue weighted by Gasteiger charge is 2.57. The van der Waals surface area contributed by atoms with Crippen LogP contribution in [0.1, 0.15) is 56.5 Å². The van der Waals surface area contributed by atoms with Gasteiger partial charge in [-0.1, -0.05) is 24.0 Å². The van der Waals surface area contributed by atoms with Crippen molar-refractivity contribution in [3.8, 4) is 23.0 Å². The van der Waals surface area contributed by atoms with Gasteiger partial charge >= 0.3 is 31.1 Å². The van der Waals surface area contributed by atoms with Crippen molar-refractivity contribution in [3.63, 3.8) is 0 Å². The molecule has 2 aromatic carbocycles. The first-order valence-corrected chi connectivity index (χ1v) is 23.2. The van der Waals surface area contributed by atoms with Crippen LogP contribution in [0.4, 0.5) is 59.3 Å². The van der Waals surface area contributed by atoms with Crippen LogP contribution < -0.4 is 31.7 Å². The van der Waals surface area contributed by atoms with Crippen LogP contribution in [0.2, 0.25) is 0 Å². The molecule has 0 saturated carbocycles. The predicted octanol–water partition coefficient (Wildman–Crippen LogP) is 6.10. The number of ether oxygens (including phenoxy) is 3. The second kappa shape index (κ2) is 23.4. The quantitative estimate of drug-likeness (QED) is 0.0358. The first-order valence-electron chi connectivity index (χ1n) is 23.2. The summed E-state index contributed by atoms with van der Waals surface area (Å²) < 4.78 is 157. The van der Waals surface area contributed by atoms with Gasteiger partial charge in [0.1, 0.15) is 29.5 Å². The zero-order valence-electron chi connectivity index (χ0n) is 41.3. The molecule has 6 rings (SSSR count). The Morgan fingerprint density at radius 2 is 1.38 bits per heavy atom. The number of pyridine rings is 1. The lowest BCUT2D eigenvalue weighted by Crippen LogP contribution is -2.66. The van der Waals surface area contributed by atoms with Crippen molar-refractivity contribution in [2.75, 3.05) is 51.5 Å². The second-order valence-corrected chi connectivity index (χ2v) is 19.3. The number of carbonyl (C=O) groups excluding carboxylic acids is 4. The van der Waals surface area contributed by atoms with Crippen LogP contribution in [0.25, 0.3) is 11.1 Å². The Morgan fingerprint density at radius 1 is 0.803 bits per heavy atom. The van der Waals surface area contributed by atoms with Gasteiger partial charge in [-0.3, -0.25) is 15.0 Å². The number of hydrogen-bond donors (Lipinski definition) is 6. The number of aromatic nitrogens is 3. The fourth-order valence-electron chi connectivity index (χ4n) is 7.93. The minimum Gasteiger partial charge on any atom is -0.453 e. The highest BCUT2D eigenvalue weighted by Crippen LogP contribution is 2.42. The van der Waals surface area contributed by atoms with E-state index >= 15 is 8.78 Å². The number of aliphatic hydroxyl groups excluding tert-OH is 1. The third-order valence-corrected chi connectivity index (χ3v) is 13.0. The van der Waals surface area contributed by atoms with Gasteiger partial charge < -0.3 is 40.2 Å². The van der Waals surface area contributed by atoms with Gasteiger partial charge in [0.15, 0.2) is 0 Å². The van der Waals surface area contributed by atoms with E-state index in [0.29, 0.717) is 44.4 Å². The minimum absolute atomic E-state index is 0.0587. The van der Waals surface area contributed by atoms with Gasteiger partial charge in [-0.05, 0) is 81.6 Å². The van der Waals surface area contributed by atoms with Crippen molar-refractivity contribution >= 4 is 29.8 Å². The zero-order valence-corrected chi connectivity index (χ0v) is 41.3. The minimum atomic E-state index is -5.22. The summed E-state index contributed by atoms with van der Waals surface area (Å²) in [6.45, 7) is 0.804. The van der Waals surface area contributed by atoms with Gasteiger partial charge in [-0.25, -0.2) is 33.5 Å². The maximum atomic E-state index is 15.1. The summed E-state index contributed by atoms with van der Waals surface area (Å²) in [6, 6.07) is 4.96. The second-order valence-electron chi connectivity index (χ2n) is 19.3. The van der Waals surface area contributed by atoms with Crippen molar-refractivity contribution in [1.82, 2.24) is 41.6 Å². The Morgan fingerprint density at radius 3 is 1.91 bits per heavy atom. The standard InChI is InChI=1S/C49H53F10N9O8/c1-45(2,48(54,55)56)38(65-44(73)76-15-14-32-33(50)17-30(18-34(32)51)31-20-62-68(22-31)42(52)53)40(70)63-35(36(69)21-61-66-41(71)39(64-43(72)74-5)46(3,4)49(57,58)59)16-28-9-6-27(7-10-28)8-11-29-12-13-37(60-19-29)67-23-47(24-67)25-75-26-47/h6-7,9-10,12-13,17-20,22,35-36,38-39,42,61,69H,14-16,21,23-26H2,1-5H3,(H,63,70)(H,64,72)(H,65,73)(H,66,71)/t35-,36-,38+,39+/m0/s1. The van der Waals surface area contributed by atoms with Crippen LogP contribution in [0.3, 0.4) is 0 Å². The summed E-state index contributed by atoms with van der Waals surface area (Å²) in [5.74, 6) is 1.37. The highest BCUT2D eigenvalue weighted by molar-refractivity contribution is 5.87. The van der Waals surface area contributed by atoms with Crippen LogP contribution in [-0.4, -0.2) is 127 Å². The van der Waals surface area contributed by atoms with E-state index in [9.17, 15) is 59.4 Å². The monoisotopic (exact) mass is 1090 g/mol. The molecular weight excluding hydrogens is 1030 g/mol. The van der Waals surface area contributed by atoms with Crippen LogP contribution in [0, 0.1) is 39.7 Å². The van der Waals surface area contributed by atoms with Crippen LogP contribution in [0.15, 0.2) is 67.1 Å².